The van der Waals surface area contributed by atoms with E-state index in [0.717, 1.165) is 5.56 Å². The van der Waals surface area contributed by atoms with E-state index in [9.17, 15) is 14.7 Å². The lowest BCUT2D eigenvalue weighted by molar-refractivity contribution is 0.0734. The molecule has 3 aromatic carbocycles. The van der Waals surface area contributed by atoms with E-state index in [1.165, 1.54) is 24.3 Å². The summed E-state index contributed by atoms with van der Waals surface area (Å²) in [7, 11) is 0. The minimum absolute atomic E-state index is 0.108. The molecule has 3 rings (SSSR count). The van der Waals surface area contributed by atoms with Crippen LogP contribution in [0.5, 0.6) is 11.5 Å². The number of aromatic hydroxyl groups is 1. The van der Waals surface area contributed by atoms with Crippen LogP contribution in [0.4, 0.5) is 0 Å². The highest BCUT2D eigenvalue weighted by molar-refractivity contribution is 5.92. The highest BCUT2D eigenvalue weighted by Crippen LogP contribution is 2.32. The van der Waals surface area contributed by atoms with Crippen molar-refractivity contribution in [1.29, 1.82) is 0 Å². The molecule has 0 heterocycles. The molecule has 4 nitrogen and oxygen atoms in total. The Bertz CT molecular complexity index is 868. The van der Waals surface area contributed by atoms with Crippen LogP contribution < -0.4 is 4.74 Å². The molecule has 3 aromatic rings. The molecule has 0 saturated carbocycles. The highest BCUT2D eigenvalue weighted by Gasteiger charge is 2.11. The minimum Gasteiger partial charge on any atom is -0.507 e. The van der Waals surface area contributed by atoms with Crippen LogP contribution in [0.2, 0.25) is 0 Å². The van der Waals surface area contributed by atoms with Gasteiger partial charge in [0.05, 0.1) is 5.56 Å². The number of esters is 1. The van der Waals surface area contributed by atoms with Crippen molar-refractivity contribution in [2.24, 2.45) is 0 Å². The molecule has 0 bridgehead atoms. The lowest BCUT2D eigenvalue weighted by atomic mass is 10.0. The SMILES string of the molecule is O=Cc1ccc(C(=O)Oc2ccc(O)c(-c3ccccc3)c2)cc1. The lowest BCUT2D eigenvalue weighted by Crippen LogP contribution is -2.08. The molecule has 118 valence electrons. The van der Waals surface area contributed by atoms with Crippen LogP contribution in [-0.4, -0.2) is 17.4 Å². The number of phenols is 1. The maximum atomic E-state index is 12.2. The van der Waals surface area contributed by atoms with Crippen LogP contribution >= 0.6 is 0 Å². The first-order valence-electron chi connectivity index (χ1n) is 7.33. The molecule has 0 aliphatic rings. The van der Waals surface area contributed by atoms with Crippen molar-refractivity contribution in [3.8, 4) is 22.6 Å². The van der Waals surface area contributed by atoms with E-state index in [1.807, 2.05) is 30.3 Å². The average molecular weight is 318 g/mol. The molecule has 0 radical (unpaired) electrons. The molecule has 0 spiro atoms. The normalized spacial score (nSPS) is 10.2. The fraction of sp³-hybridized carbons (Fsp3) is 0. The maximum Gasteiger partial charge on any atom is 0.343 e. The van der Waals surface area contributed by atoms with Crippen molar-refractivity contribution in [2.75, 3.05) is 0 Å². The first-order valence-corrected chi connectivity index (χ1v) is 7.33. The Hall–Kier alpha value is -3.40. The van der Waals surface area contributed by atoms with E-state index >= 15 is 0 Å². The van der Waals surface area contributed by atoms with E-state index in [1.54, 1.807) is 18.2 Å². The Morgan fingerprint density at radius 1 is 0.917 bits per heavy atom. The number of benzene rings is 3. The average Bonchev–Trinajstić information content (AvgIpc) is 2.64. The third-order valence-electron chi connectivity index (χ3n) is 3.55. The number of hydrogen-bond acceptors (Lipinski definition) is 4. The number of rotatable bonds is 4. The van der Waals surface area contributed by atoms with Crippen molar-refractivity contribution in [3.63, 3.8) is 0 Å². The summed E-state index contributed by atoms with van der Waals surface area (Å²) in [6.07, 6.45) is 0.710. The van der Waals surface area contributed by atoms with Crippen LogP contribution in [-0.2, 0) is 0 Å². The van der Waals surface area contributed by atoms with Crippen LogP contribution in [0.25, 0.3) is 11.1 Å². The van der Waals surface area contributed by atoms with Gasteiger partial charge in [0.15, 0.2) is 0 Å². The molecular weight excluding hydrogens is 304 g/mol. The lowest BCUT2D eigenvalue weighted by Gasteiger charge is -2.09. The predicted octanol–water partition coefficient (Wildman–Crippen LogP) is 4.09. The number of ether oxygens (including phenoxy) is 1. The van der Waals surface area contributed by atoms with E-state index < -0.39 is 5.97 Å². The summed E-state index contributed by atoms with van der Waals surface area (Å²) in [4.78, 5) is 22.8. The van der Waals surface area contributed by atoms with Gasteiger partial charge in [-0.1, -0.05) is 42.5 Å². The zero-order chi connectivity index (χ0) is 16.9. The molecule has 0 fully saturated rings. The van der Waals surface area contributed by atoms with E-state index in [-0.39, 0.29) is 5.75 Å². The summed E-state index contributed by atoms with van der Waals surface area (Å²) in [6, 6.07) is 20.1. The van der Waals surface area contributed by atoms with Gasteiger partial charge >= 0.3 is 5.97 Å². The van der Waals surface area contributed by atoms with Gasteiger partial charge in [-0.25, -0.2) is 4.79 Å². The van der Waals surface area contributed by atoms with Gasteiger partial charge in [-0.3, -0.25) is 4.79 Å². The first kappa shape index (κ1) is 15.5. The van der Waals surface area contributed by atoms with Crippen LogP contribution in [0.15, 0.2) is 72.8 Å². The molecule has 0 aromatic heterocycles. The molecule has 0 atom stereocenters. The second-order valence-electron chi connectivity index (χ2n) is 5.17. The van der Waals surface area contributed by atoms with Gasteiger partial charge in [0.1, 0.15) is 17.8 Å². The van der Waals surface area contributed by atoms with Gasteiger partial charge in [0, 0.05) is 11.1 Å². The van der Waals surface area contributed by atoms with Crippen molar-refractivity contribution in [1.82, 2.24) is 0 Å². The third-order valence-corrected chi connectivity index (χ3v) is 3.55. The van der Waals surface area contributed by atoms with Crippen LogP contribution in [0.3, 0.4) is 0 Å². The van der Waals surface area contributed by atoms with Gasteiger partial charge in [-0.2, -0.15) is 0 Å². The fourth-order valence-electron chi connectivity index (χ4n) is 2.29. The fourth-order valence-corrected chi connectivity index (χ4v) is 2.29. The summed E-state index contributed by atoms with van der Waals surface area (Å²) in [6.45, 7) is 0. The Kier molecular flexibility index (Phi) is 4.38. The maximum absolute atomic E-state index is 12.2. The Balaban J connectivity index is 1.85. The largest absolute Gasteiger partial charge is 0.507 e. The van der Waals surface area contributed by atoms with Crippen LogP contribution in [0, 0.1) is 0 Å². The molecule has 24 heavy (non-hydrogen) atoms. The molecular formula is C20H14O4. The Morgan fingerprint density at radius 3 is 2.29 bits per heavy atom. The van der Waals surface area contributed by atoms with Crippen molar-refractivity contribution < 1.29 is 19.4 Å². The molecule has 4 heteroatoms. The summed E-state index contributed by atoms with van der Waals surface area (Å²) < 4.78 is 5.35. The Morgan fingerprint density at radius 2 is 1.62 bits per heavy atom. The molecule has 0 saturated heterocycles. The van der Waals surface area contributed by atoms with E-state index in [0.29, 0.717) is 28.7 Å². The molecule has 0 aliphatic carbocycles. The summed E-state index contributed by atoms with van der Waals surface area (Å²) in [5.41, 5.74) is 2.23. The zero-order valence-electron chi connectivity index (χ0n) is 12.7. The van der Waals surface area contributed by atoms with Gasteiger partial charge in [-0.15, -0.1) is 0 Å². The molecule has 1 N–H and O–H groups in total. The topological polar surface area (TPSA) is 63.6 Å². The number of phenolic OH excluding ortho intramolecular Hbond substituents is 1. The third kappa shape index (κ3) is 3.33. The molecule has 0 aliphatic heterocycles. The van der Waals surface area contributed by atoms with Gasteiger partial charge in [-0.05, 0) is 35.9 Å². The zero-order valence-corrected chi connectivity index (χ0v) is 12.7. The van der Waals surface area contributed by atoms with Gasteiger partial charge in [0.2, 0.25) is 0 Å². The van der Waals surface area contributed by atoms with E-state index in [2.05, 4.69) is 0 Å². The standard InChI is InChI=1S/C20H14O4/c21-13-14-6-8-16(9-7-14)20(23)24-17-10-11-19(22)18(12-17)15-4-2-1-3-5-15/h1-13,22H. The van der Waals surface area contributed by atoms with Crippen molar-refractivity contribution in [2.45, 2.75) is 0 Å². The summed E-state index contributed by atoms with van der Waals surface area (Å²) >= 11 is 0. The molecule has 0 unspecified atom stereocenters. The quantitative estimate of drug-likeness (QED) is 0.447. The van der Waals surface area contributed by atoms with E-state index in [4.69, 9.17) is 4.74 Å². The Labute approximate surface area is 139 Å². The second kappa shape index (κ2) is 6.79. The van der Waals surface area contributed by atoms with Gasteiger partial charge in [0.25, 0.3) is 0 Å². The highest BCUT2D eigenvalue weighted by atomic mass is 16.5. The predicted molar refractivity (Wildman–Crippen MR) is 90.3 cm³/mol. The number of hydrogen-bond donors (Lipinski definition) is 1. The number of carbonyl (C=O) groups is 2. The second-order valence-corrected chi connectivity index (χ2v) is 5.17. The summed E-state index contributed by atoms with van der Waals surface area (Å²) in [5, 5.41) is 10.0. The monoisotopic (exact) mass is 318 g/mol. The van der Waals surface area contributed by atoms with Crippen molar-refractivity contribution >= 4 is 12.3 Å². The smallest absolute Gasteiger partial charge is 0.343 e. The first-order chi connectivity index (χ1) is 11.7. The van der Waals surface area contributed by atoms with Crippen LogP contribution in [0.1, 0.15) is 20.7 Å². The van der Waals surface area contributed by atoms with Gasteiger partial charge < -0.3 is 9.84 Å². The van der Waals surface area contributed by atoms with Crippen molar-refractivity contribution in [3.05, 3.63) is 83.9 Å². The minimum atomic E-state index is -0.530. The number of aldehydes is 1. The summed E-state index contributed by atoms with van der Waals surface area (Å²) in [5.74, 6) is -0.0930. The molecule has 0 amide bonds. The number of carbonyl (C=O) groups excluding carboxylic acids is 2.